The molecule has 3 aromatic heterocycles. The van der Waals surface area contributed by atoms with Crippen LogP contribution in [0.4, 0.5) is 13.2 Å². The van der Waals surface area contributed by atoms with Gasteiger partial charge in [0.2, 0.25) is 5.88 Å². The van der Waals surface area contributed by atoms with Gasteiger partial charge in [-0.15, -0.1) is 11.3 Å². The normalized spacial score (nSPS) is 16.0. The van der Waals surface area contributed by atoms with Gasteiger partial charge in [0, 0.05) is 17.0 Å². The number of halogens is 3. The highest BCUT2D eigenvalue weighted by Gasteiger charge is 2.31. The molecule has 0 radical (unpaired) electrons. The fourth-order valence-electron chi connectivity index (χ4n) is 4.21. The van der Waals surface area contributed by atoms with E-state index >= 15 is 0 Å². The summed E-state index contributed by atoms with van der Waals surface area (Å²) in [6, 6.07) is 9.29. The van der Waals surface area contributed by atoms with E-state index in [1.807, 2.05) is 29.8 Å². The molecule has 1 atom stereocenters. The van der Waals surface area contributed by atoms with Crippen LogP contribution in [0.15, 0.2) is 48.9 Å². The van der Waals surface area contributed by atoms with Crippen molar-refractivity contribution in [2.45, 2.75) is 38.3 Å². The first-order chi connectivity index (χ1) is 15.8. The lowest BCUT2D eigenvalue weighted by Gasteiger charge is -2.22. The van der Waals surface area contributed by atoms with Gasteiger partial charge in [-0.05, 0) is 56.0 Å². The first kappa shape index (κ1) is 21.6. The van der Waals surface area contributed by atoms with Gasteiger partial charge in [0.25, 0.3) is 0 Å². The molecule has 0 spiro atoms. The summed E-state index contributed by atoms with van der Waals surface area (Å²) < 4.78 is 46.3. The first-order valence-corrected chi connectivity index (χ1v) is 11.4. The summed E-state index contributed by atoms with van der Waals surface area (Å²) >= 11 is 1.59. The van der Waals surface area contributed by atoms with Crippen molar-refractivity contribution in [2.24, 2.45) is 0 Å². The van der Waals surface area contributed by atoms with Crippen LogP contribution in [0.3, 0.4) is 0 Å². The molecule has 5 rings (SSSR count). The molecule has 0 saturated heterocycles. The molecule has 0 N–H and O–H groups in total. The molecule has 3 heterocycles. The fourth-order valence-corrected chi connectivity index (χ4v) is 5.34. The molecule has 33 heavy (non-hydrogen) atoms. The second-order valence-electron chi connectivity index (χ2n) is 8.04. The van der Waals surface area contributed by atoms with Crippen LogP contribution in [0.5, 0.6) is 5.88 Å². The van der Waals surface area contributed by atoms with E-state index in [0.717, 1.165) is 63.9 Å². The Morgan fingerprint density at radius 2 is 1.88 bits per heavy atom. The van der Waals surface area contributed by atoms with Crippen LogP contribution in [-0.4, -0.2) is 26.6 Å². The van der Waals surface area contributed by atoms with Gasteiger partial charge < -0.3 is 9.30 Å². The molecule has 0 unspecified atom stereocenters. The summed E-state index contributed by atoms with van der Waals surface area (Å²) in [5.74, 6) is 0.452. The average Bonchev–Trinajstić information content (AvgIpc) is 3.44. The Hall–Kier alpha value is -3.20. The molecule has 0 saturated carbocycles. The number of thiazole rings is 1. The van der Waals surface area contributed by atoms with Gasteiger partial charge >= 0.3 is 6.18 Å². The first-order valence-electron chi connectivity index (χ1n) is 10.6. The maximum atomic E-state index is 13.0. The predicted octanol–water partition coefficient (Wildman–Crippen LogP) is 6.19. The number of rotatable bonds is 4. The summed E-state index contributed by atoms with van der Waals surface area (Å²) in [5, 5.41) is 0.783. The van der Waals surface area contributed by atoms with Gasteiger partial charge in [-0.2, -0.15) is 13.2 Å². The van der Waals surface area contributed by atoms with Crippen LogP contribution in [0, 0.1) is 6.92 Å². The zero-order valence-electron chi connectivity index (χ0n) is 18.1. The number of benzene rings is 1. The number of nitrogens with zero attached hydrogens (tertiary/aromatic N) is 4. The summed E-state index contributed by atoms with van der Waals surface area (Å²) in [7, 11) is 1.58. The van der Waals surface area contributed by atoms with Crippen LogP contribution in [0.2, 0.25) is 0 Å². The third-order valence-electron chi connectivity index (χ3n) is 5.84. The Labute approximate surface area is 192 Å². The molecule has 0 amide bonds. The molecule has 0 aliphatic heterocycles. The van der Waals surface area contributed by atoms with E-state index < -0.39 is 11.7 Å². The maximum Gasteiger partial charge on any atom is 0.416 e. The minimum atomic E-state index is -4.34. The predicted molar refractivity (Wildman–Crippen MR) is 120 cm³/mol. The van der Waals surface area contributed by atoms with Crippen molar-refractivity contribution in [3.63, 3.8) is 0 Å². The average molecular weight is 471 g/mol. The number of aromatic nitrogens is 4. The Morgan fingerprint density at radius 3 is 2.55 bits per heavy atom. The van der Waals surface area contributed by atoms with Crippen molar-refractivity contribution in [2.75, 3.05) is 7.11 Å². The van der Waals surface area contributed by atoms with Crippen LogP contribution in [0.25, 0.3) is 16.4 Å². The largest absolute Gasteiger partial charge is 0.479 e. The molecule has 4 aromatic rings. The second-order valence-corrected chi connectivity index (χ2v) is 9.12. The topological polar surface area (TPSA) is 52.8 Å². The van der Waals surface area contributed by atoms with Gasteiger partial charge in [-0.1, -0.05) is 12.1 Å². The van der Waals surface area contributed by atoms with Crippen molar-refractivity contribution in [3.05, 3.63) is 76.3 Å². The number of pyridine rings is 1. The van der Waals surface area contributed by atoms with Crippen molar-refractivity contribution >= 4 is 11.3 Å². The number of imidazole rings is 1. The lowest BCUT2D eigenvalue weighted by atomic mass is 9.85. The summed E-state index contributed by atoms with van der Waals surface area (Å²) in [6.07, 6.45) is 2.01. The van der Waals surface area contributed by atoms with E-state index in [9.17, 15) is 13.2 Å². The summed E-state index contributed by atoms with van der Waals surface area (Å²) in [6.45, 7) is 1.91. The number of aryl methyl sites for hydroxylation is 2. The minimum Gasteiger partial charge on any atom is -0.479 e. The molecule has 170 valence electrons. The number of fused-ring (bicyclic) bond motifs is 1. The monoisotopic (exact) mass is 470 g/mol. The SMILES string of the molecule is COc1nc(-c2nc3c(s2)CCC[C@@H]3c2ccc(C(F)(F)F)cc2)ccc1-n1cnc(C)c1. The Morgan fingerprint density at radius 1 is 1.09 bits per heavy atom. The third-order valence-corrected chi connectivity index (χ3v) is 6.99. The van der Waals surface area contributed by atoms with Crippen LogP contribution < -0.4 is 4.74 Å². The van der Waals surface area contributed by atoms with Gasteiger partial charge in [0.1, 0.15) is 16.4 Å². The highest BCUT2D eigenvalue weighted by Crippen LogP contribution is 2.42. The van der Waals surface area contributed by atoms with Crippen LogP contribution >= 0.6 is 11.3 Å². The van der Waals surface area contributed by atoms with E-state index in [1.165, 1.54) is 0 Å². The molecule has 1 aliphatic carbocycles. The maximum absolute atomic E-state index is 13.0. The Kier molecular flexibility index (Phi) is 5.44. The molecule has 0 fully saturated rings. The second kappa shape index (κ2) is 8.30. The zero-order chi connectivity index (χ0) is 23.2. The van der Waals surface area contributed by atoms with Crippen molar-refractivity contribution in [1.29, 1.82) is 0 Å². The number of ether oxygens (including phenoxy) is 1. The van der Waals surface area contributed by atoms with E-state index in [-0.39, 0.29) is 5.92 Å². The number of hydrogen-bond acceptors (Lipinski definition) is 5. The minimum absolute atomic E-state index is 0.0175. The molecule has 9 heteroatoms. The third kappa shape index (κ3) is 4.13. The quantitative estimate of drug-likeness (QED) is 0.357. The van der Waals surface area contributed by atoms with E-state index in [1.54, 1.807) is 36.9 Å². The summed E-state index contributed by atoms with van der Waals surface area (Å²) in [5.41, 5.74) is 3.55. The van der Waals surface area contributed by atoms with E-state index in [4.69, 9.17) is 9.72 Å². The van der Waals surface area contributed by atoms with Crippen LogP contribution in [-0.2, 0) is 12.6 Å². The van der Waals surface area contributed by atoms with Gasteiger partial charge in [0.05, 0.1) is 30.4 Å². The van der Waals surface area contributed by atoms with Gasteiger partial charge in [-0.25, -0.2) is 15.0 Å². The summed E-state index contributed by atoms with van der Waals surface area (Å²) in [4.78, 5) is 15.0. The molecular formula is C24H21F3N4OS. The standard InChI is InChI=1S/C24H21F3N4OS/c1-14-12-31(13-28-14)19-11-10-18(29-22(19)32-2)23-30-21-17(4-3-5-20(21)33-23)15-6-8-16(9-7-15)24(25,26)27/h6-13,17H,3-5H2,1-2H3/t17-/m1/s1. The number of methoxy groups -OCH3 is 1. The van der Waals surface area contributed by atoms with Gasteiger partial charge in [0.15, 0.2) is 0 Å². The van der Waals surface area contributed by atoms with Crippen molar-refractivity contribution in [1.82, 2.24) is 19.5 Å². The zero-order valence-corrected chi connectivity index (χ0v) is 18.9. The van der Waals surface area contributed by atoms with Crippen molar-refractivity contribution in [3.8, 4) is 22.3 Å². The van der Waals surface area contributed by atoms with Gasteiger partial charge in [-0.3, -0.25) is 0 Å². The van der Waals surface area contributed by atoms with Crippen molar-refractivity contribution < 1.29 is 17.9 Å². The Balaban J connectivity index is 1.48. The molecule has 1 aromatic carbocycles. The number of hydrogen-bond donors (Lipinski definition) is 0. The van der Waals surface area contributed by atoms with E-state index in [0.29, 0.717) is 11.6 Å². The highest BCUT2D eigenvalue weighted by atomic mass is 32.1. The molecule has 0 bridgehead atoms. The lowest BCUT2D eigenvalue weighted by Crippen LogP contribution is -2.11. The smallest absolute Gasteiger partial charge is 0.416 e. The van der Waals surface area contributed by atoms with E-state index in [2.05, 4.69) is 9.97 Å². The molecular weight excluding hydrogens is 449 g/mol. The number of alkyl halides is 3. The fraction of sp³-hybridized carbons (Fsp3) is 0.292. The molecule has 1 aliphatic rings. The lowest BCUT2D eigenvalue weighted by molar-refractivity contribution is -0.137. The van der Waals surface area contributed by atoms with Crippen LogP contribution in [0.1, 0.15) is 46.2 Å². The Bertz CT molecular complexity index is 1290. The highest BCUT2D eigenvalue weighted by molar-refractivity contribution is 7.15. The molecule has 5 nitrogen and oxygen atoms in total.